The van der Waals surface area contributed by atoms with Gasteiger partial charge in [-0.2, -0.15) is 0 Å². The predicted molar refractivity (Wildman–Crippen MR) is 183 cm³/mol. The van der Waals surface area contributed by atoms with Gasteiger partial charge in [0.05, 0.1) is 36.8 Å². The lowest BCUT2D eigenvalue weighted by Gasteiger charge is -2.39. The van der Waals surface area contributed by atoms with Crippen LogP contribution in [0.15, 0.2) is 61.4 Å². The molecule has 2 atom stereocenters. The van der Waals surface area contributed by atoms with Crippen molar-refractivity contribution in [3.05, 3.63) is 72.0 Å². The van der Waals surface area contributed by atoms with E-state index in [-0.39, 0.29) is 11.9 Å². The molecular weight excluding hydrogens is 604 g/mol. The van der Waals surface area contributed by atoms with Crippen LogP contribution in [0.4, 0.5) is 28.7 Å². The van der Waals surface area contributed by atoms with Crippen molar-refractivity contribution in [1.29, 1.82) is 0 Å². The van der Waals surface area contributed by atoms with E-state index in [0.29, 0.717) is 52.5 Å². The minimum Gasteiger partial charge on any atom is -0.494 e. The number of aromatic nitrogens is 2. The van der Waals surface area contributed by atoms with Crippen molar-refractivity contribution >= 4 is 46.2 Å². The van der Waals surface area contributed by atoms with Gasteiger partial charge < -0.3 is 25.2 Å². The van der Waals surface area contributed by atoms with Crippen LogP contribution in [0.2, 0.25) is 5.02 Å². The lowest BCUT2D eigenvalue weighted by Crippen LogP contribution is -2.45. The van der Waals surface area contributed by atoms with Crippen LogP contribution in [0.3, 0.4) is 0 Å². The van der Waals surface area contributed by atoms with Gasteiger partial charge in [0.25, 0.3) is 0 Å². The Morgan fingerprint density at radius 1 is 1.07 bits per heavy atom. The number of methoxy groups -OCH3 is 1. The van der Waals surface area contributed by atoms with Crippen molar-refractivity contribution < 1.29 is 14.4 Å². The minimum atomic E-state index is -0.275. The average Bonchev–Trinajstić information content (AvgIpc) is 3.77. The van der Waals surface area contributed by atoms with Gasteiger partial charge in [-0.3, -0.25) is 14.5 Å². The van der Waals surface area contributed by atoms with Gasteiger partial charge in [0, 0.05) is 61.8 Å². The first-order chi connectivity index (χ1) is 22.3. The molecule has 12 heteroatoms. The lowest BCUT2D eigenvalue weighted by molar-refractivity contribution is -0.111. The normalized spacial score (nSPS) is 20.7. The molecule has 2 unspecified atom stereocenters. The molecule has 3 aliphatic heterocycles. The van der Waals surface area contributed by atoms with E-state index in [1.165, 1.54) is 18.8 Å². The Balaban J connectivity index is 1.21. The van der Waals surface area contributed by atoms with Gasteiger partial charge >= 0.3 is 0 Å². The van der Waals surface area contributed by atoms with Crippen LogP contribution in [-0.4, -0.2) is 91.7 Å². The zero-order valence-corrected chi connectivity index (χ0v) is 27.5. The van der Waals surface area contributed by atoms with E-state index in [1.54, 1.807) is 7.11 Å². The van der Waals surface area contributed by atoms with Crippen LogP contribution in [0.5, 0.6) is 5.75 Å². The van der Waals surface area contributed by atoms with E-state index in [4.69, 9.17) is 21.2 Å². The number of hydrogen-bond acceptors (Lipinski definition) is 10. The Kier molecular flexibility index (Phi) is 9.93. The van der Waals surface area contributed by atoms with Gasteiger partial charge in [-0.1, -0.05) is 30.3 Å². The van der Waals surface area contributed by atoms with Crippen molar-refractivity contribution in [2.24, 2.45) is 0 Å². The average molecular weight is 647 g/mol. The first kappa shape index (κ1) is 32.1. The number of halogens is 1. The van der Waals surface area contributed by atoms with Crippen LogP contribution in [0.1, 0.15) is 37.3 Å². The predicted octanol–water partition coefficient (Wildman–Crippen LogP) is 5.49. The molecule has 3 aliphatic rings. The number of amides is 1. The molecule has 11 nitrogen and oxygen atoms in total. The van der Waals surface area contributed by atoms with E-state index >= 15 is 0 Å². The van der Waals surface area contributed by atoms with Crippen molar-refractivity contribution in [2.45, 2.75) is 43.8 Å². The van der Waals surface area contributed by atoms with Crippen molar-refractivity contribution in [2.75, 3.05) is 74.6 Å². The molecule has 0 spiro atoms. The van der Waals surface area contributed by atoms with Gasteiger partial charge in [0.1, 0.15) is 17.9 Å². The number of anilines is 5. The number of carbonyl (C=O) groups excluding carboxylic acids is 1. The molecule has 46 heavy (non-hydrogen) atoms. The van der Waals surface area contributed by atoms with Gasteiger partial charge in [0.2, 0.25) is 5.91 Å². The van der Waals surface area contributed by atoms with Gasteiger partial charge in [0.15, 0.2) is 5.82 Å². The zero-order valence-electron chi connectivity index (χ0n) is 26.8. The fourth-order valence-electron chi connectivity index (χ4n) is 6.73. The summed E-state index contributed by atoms with van der Waals surface area (Å²) >= 11 is 6.12. The molecule has 2 N–H and O–H groups in total. The first-order valence-electron chi connectivity index (χ1n) is 15.9. The summed E-state index contributed by atoms with van der Waals surface area (Å²) in [5, 5.41) is 8.92. The fraction of sp³-hybridized carbons (Fsp3) is 0.441. The van der Waals surface area contributed by atoms with E-state index < -0.39 is 0 Å². The van der Waals surface area contributed by atoms with E-state index in [2.05, 4.69) is 56.0 Å². The second kappa shape index (κ2) is 14.3. The van der Waals surface area contributed by atoms with Crippen molar-refractivity contribution in [3.8, 4) is 5.75 Å². The van der Waals surface area contributed by atoms with Crippen LogP contribution in [-0.2, 0) is 9.63 Å². The number of nitrogens with zero attached hydrogens (tertiary/aromatic N) is 6. The molecule has 1 aromatic heterocycles. The summed E-state index contributed by atoms with van der Waals surface area (Å²) in [7, 11) is 5.99. The number of likely N-dealkylation sites (N-methyl/N-ethyl adjacent to an activating group) is 1. The van der Waals surface area contributed by atoms with Crippen LogP contribution >= 0.6 is 11.6 Å². The number of nitrogens with one attached hydrogen (secondary N) is 2. The quantitative estimate of drug-likeness (QED) is 0.275. The van der Waals surface area contributed by atoms with Crippen LogP contribution in [0.25, 0.3) is 0 Å². The van der Waals surface area contributed by atoms with Crippen molar-refractivity contribution in [1.82, 2.24) is 19.8 Å². The van der Waals surface area contributed by atoms with Crippen molar-refractivity contribution in [3.63, 3.8) is 0 Å². The second-order valence-corrected chi connectivity index (χ2v) is 12.7. The number of piperidine rings is 1. The monoisotopic (exact) mass is 646 g/mol. The molecule has 4 heterocycles. The number of likely N-dealkylation sites (tertiary alicyclic amines) is 1. The number of ether oxygens (including phenoxy) is 1. The molecule has 2 aromatic carbocycles. The highest BCUT2D eigenvalue weighted by molar-refractivity contribution is 6.30. The maximum atomic E-state index is 12.6. The summed E-state index contributed by atoms with van der Waals surface area (Å²) < 4.78 is 5.86. The lowest BCUT2D eigenvalue weighted by atomic mass is 10.0. The first-order valence-corrected chi connectivity index (χ1v) is 16.3. The molecule has 0 aliphatic carbocycles. The van der Waals surface area contributed by atoms with Gasteiger partial charge in [-0.15, -0.1) is 0 Å². The third kappa shape index (κ3) is 7.07. The molecule has 0 saturated carbocycles. The smallest absolute Gasteiger partial charge is 0.247 e. The van der Waals surface area contributed by atoms with Gasteiger partial charge in [-0.25, -0.2) is 15.0 Å². The highest BCUT2D eigenvalue weighted by Gasteiger charge is 2.33. The zero-order chi connectivity index (χ0) is 32.2. The maximum Gasteiger partial charge on any atom is 0.247 e. The summed E-state index contributed by atoms with van der Waals surface area (Å²) in [4.78, 5) is 34.8. The number of hydrogen-bond donors (Lipinski definition) is 2. The number of rotatable bonds is 10. The van der Waals surface area contributed by atoms with E-state index in [0.717, 1.165) is 56.7 Å². The third-order valence-corrected chi connectivity index (χ3v) is 9.56. The largest absolute Gasteiger partial charge is 0.494 e. The maximum absolute atomic E-state index is 12.6. The highest BCUT2D eigenvalue weighted by atomic mass is 35.5. The fourth-order valence-corrected chi connectivity index (χ4v) is 6.86. The molecular formula is C34H43ClN8O3. The molecule has 244 valence electrons. The molecule has 0 radical (unpaired) electrons. The molecule has 3 aromatic rings. The summed E-state index contributed by atoms with van der Waals surface area (Å²) in [6.45, 7) is 8.30. The summed E-state index contributed by atoms with van der Waals surface area (Å²) in [6.07, 6.45) is 6.96. The topological polar surface area (TPSA) is 98.3 Å². The summed E-state index contributed by atoms with van der Waals surface area (Å²) in [6, 6.07) is 14.7. The van der Waals surface area contributed by atoms with Crippen LogP contribution in [0, 0.1) is 0 Å². The van der Waals surface area contributed by atoms with E-state index in [1.807, 2.05) is 47.5 Å². The molecule has 3 saturated heterocycles. The SMILES string of the molecule is C=CC(=O)Nc1cc(Nc2cc(N3OCCC3c3ccc(Cl)cc3)ncn2)c(OC)cc1N1CCC(N2CCC(N(C)C)C2)CC1. The Labute approximate surface area is 276 Å². The Morgan fingerprint density at radius 2 is 1.85 bits per heavy atom. The third-order valence-electron chi connectivity index (χ3n) is 9.31. The number of benzene rings is 2. The van der Waals surface area contributed by atoms with E-state index in [9.17, 15) is 4.79 Å². The highest BCUT2D eigenvalue weighted by Crippen LogP contribution is 2.41. The molecule has 0 bridgehead atoms. The number of hydroxylamine groups is 1. The Bertz CT molecular complexity index is 1530. The van der Waals surface area contributed by atoms with Crippen LogP contribution < -0.4 is 25.3 Å². The summed E-state index contributed by atoms with van der Waals surface area (Å²) in [5.74, 6) is 1.55. The summed E-state index contributed by atoms with van der Waals surface area (Å²) in [5.41, 5.74) is 3.36. The molecule has 3 fully saturated rings. The Morgan fingerprint density at radius 3 is 2.54 bits per heavy atom. The molecule has 1 amide bonds. The molecule has 6 rings (SSSR count). The minimum absolute atomic E-state index is 0.00132. The standard InChI is InChI=1S/C34H43ClN8O3/c1-5-34(44)39-27-18-28(31(45-4)19-30(27)41-14-10-25(11-15-41)42-16-12-26(21-42)40(2)3)38-32-20-33(37-22-36-32)43-29(13-17-46-43)23-6-8-24(35)9-7-23/h5-9,18-20,22,25-26,29H,1,10-17,21H2,2-4H3,(H,39,44)(H,36,37,38). The second-order valence-electron chi connectivity index (χ2n) is 12.3. The Hall–Kier alpha value is -3.90. The van der Waals surface area contributed by atoms with Gasteiger partial charge in [-0.05, 0) is 63.2 Å². The number of carbonyl (C=O) groups is 1.